The van der Waals surface area contributed by atoms with Crippen LogP contribution in [0.2, 0.25) is 0 Å². The number of hydrogen-bond donors (Lipinski definition) is 2. The molecule has 0 bridgehead atoms. The van der Waals surface area contributed by atoms with Crippen LogP contribution in [-0.2, 0) is 4.74 Å². The Bertz CT molecular complexity index is 634. The molecule has 7 nitrogen and oxygen atoms in total. The molecule has 1 saturated heterocycles. The maximum Gasteiger partial charge on any atom is 0.409 e. The number of pyridine rings is 1. The molecule has 154 valence electrons. The van der Waals surface area contributed by atoms with Crippen molar-refractivity contribution in [3.8, 4) is 0 Å². The van der Waals surface area contributed by atoms with Gasteiger partial charge in [0.15, 0.2) is 0 Å². The molecule has 28 heavy (non-hydrogen) atoms. The summed E-state index contributed by atoms with van der Waals surface area (Å²) >= 11 is 0. The zero-order chi connectivity index (χ0) is 19.8. The molecular weight excluding hydrogens is 356 g/mol. The summed E-state index contributed by atoms with van der Waals surface area (Å²) in [5, 5.41) is 6.56. The second-order valence-electron chi connectivity index (χ2n) is 7.70. The van der Waals surface area contributed by atoms with Crippen molar-refractivity contribution in [3.05, 3.63) is 23.9 Å². The van der Waals surface area contributed by atoms with Crippen LogP contribution in [0.3, 0.4) is 0 Å². The molecule has 2 aliphatic rings. The summed E-state index contributed by atoms with van der Waals surface area (Å²) in [6, 6.07) is 4.28. The van der Waals surface area contributed by atoms with Crippen molar-refractivity contribution in [3.63, 3.8) is 0 Å². The van der Waals surface area contributed by atoms with Crippen molar-refractivity contribution in [1.82, 2.24) is 15.2 Å². The predicted octanol–water partition coefficient (Wildman–Crippen LogP) is 3.57. The van der Waals surface area contributed by atoms with E-state index in [0.29, 0.717) is 31.3 Å². The number of piperidine rings is 1. The summed E-state index contributed by atoms with van der Waals surface area (Å²) in [6.07, 6.45) is 10.4. The van der Waals surface area contributed by atoms with Gasteiger partial charge in [-0.1, -0.05) is 25.7 Å². The van der Waals surface area contributed by atoms with E-state index in [9.17, 15) is 9.59 Å². The first-order valence-electron chi connectivity index (χ1n) is 10.6. The molecule has 7 heteroatoms. The molecule has 0 unspecified atom stereocenters. The molecule has 2 amide bonds. The SMILES string of the molecule is CCOC(=O)N1CCC(NC(=O)c2ccc(NC3CCCCCC3)nc2)CC1. The maximum absolute atomic E-state index is 12.5. The van der Waals surface area contributed by atoms with Crippen LogP contribution in [-0.4, -0.2) is 53.7 Å². The van der Waals surface area contributed by atoms with Crippen molar-refractivity contribution >= 4 is 17.8 Å². The van der Waals surface area contributed by atoms with Gasteiger partial charge in [-0.15, -0.1) is 0 Å². The van der Waals surface area contributed by atoms with Crippen molar-refractivity contribution < 1.29 is 14.3 Å². The lowest BCUT2D eigenvalue weighted by molar-refractivity contribution is 0.0860. The smallest absolute Gasteiger partial charge is 0.409 e. The number of nitrogens with zero attached hydrogens (tertiary/aromatic N) is 2. The van der Waals surface area contributed by atoms with Gasteiger partial charge in [-0.3, -0.25) is 4.79 Å². The van der Waals surface area contributed by atoms with Gasteiger partial charge in [0.05, 0.1) is 12.2 Å². The summed E-state index contributed by atoms with van der Waals surface area (Å²) in [5.74, 6) is 0.731. The second kappa shape index (κ2) is 10.3. The molecule has 2 heterocycles. The summed E-state index contributed by atoms with van der Waals surface area (Å²) < 4.78 is 5.02. The van der Waals surface area contributed by atoms with E-state index >= 15 is 0 Å². The zero-order valence-electron chi connectivity index (χ0n) is 16.8. The highest BCUT2D eigenvalue weighted by molar-refractivity contribution is 5.94. The number of ether oxygens (including phenoxy) is 1. The van der Waals surface area contributed by atoms with E-state index in [1.165, 1.54) is 38.5 Å². The van der Waals surface area contributed by atoms with E-state index in [4.69, 9.17) is 4.74 Å². The van der Waals surface area contributed by atoms with Crippen molar-refractivity contribution in [1.29, 1.82) is 0 Å². The molecule has 3 rings (SSSR count). The fraction of sp³-hybridized carbons (Fsp3) is 0.667. The normalized spacial score (nSPS) is 19.0. The largest absolute Gasteiger partial charge is 0.450 e. The Balaban J connectivity index is 1.45. The number of aromatic nitrogens is 1. The highest BCUT2D eigenvalue weighted by Crippen LogP contribution is 2.20. The fourth-order valence-corrected chi connectivity index (χ4v) is 3.94. The third-order valence-corrected chi connectivity index (χ3v) is 5.59. The number of carbonyl (C=O) groups excluding carboxylic acids is 2. The van der Waals surface area contributed by atoms with E-state index < -0.39 is 0 Å². The number of rotatable bonds is 5. The minimum absolute atomic E-state index is 0.0713. The number of nitrogens with one attached hydrogen (secondary N) is 2. The Morgan fingerprint density at radius 1 is 1.07 bits per heavy atom. The van der Waals surface area contributed by atoms with Gasteiger partial charge in [-0.2, -0.15) is 0 Å². The number of likely N-dealkylation sites (tertiary alicyclic amines) is 1. The standard InChI is InChI=1S/C21H32N4O3/c1-2-28-21(27)25-13-11-18(12-14-25)24-20(26)16-9-10-19(22-15-16)23-17-7-5-3-4-6-8-17/h9-10,15,17-18H,2-8,11-14H2,1H3,(H,22,23)(H,24,26). The highest BCUT2D eigenvalue weighted by Gasteiger charge is 2.25. The third-order valence-electron chi connectivity index (χ3n) is 5.59. The van der Waals surface area contributed by atoms with Crippen molar-refractivity contribution in [2.24, 2.45) is 0 Å². The maximum atomic E-state index is 12.5. The van der Waals surface area contributed by atoms with Crippen LogP contribution >= 0.6 is 0 Å². The van der Waals surface area contributed by atoms with E-state index in [2.05, 4.69) is 15.6 Å². The van der Waals surface area contributed by atoms with Gasteiger partial charge in [0, 0.05) is 31.4 Å². The molecule has 0 radical (unpaired) electrons. The van der Waals surface area contributed by atoms with Crippen LogP contribution in [0.5, 0.6) is 0 Å². The Morgan fingerprint density at radius 2 is 1.79 bits per heavy atom. The zero-order valence-corrected chi connectivity index (χ0v) is 16.8. The van der Waals surface area contributed by atoms with Crippen LogP contribution in [0.1, 0.15) is 68.6 Å². The molecule has 1 aliphatic carbocycles. The average molecular weight is 389 g/mol. The number of anilines is 1. The van der Waals surface area contributed by atoms with Gasteiger partial charge in [0.25, 0.3) is 5.91 Å². The van der Waals surface area contributed by atoms with Gasteiger partial charge >= 0.3 is 6.09 Å². The molecule has 1 aromatic heterocycles. The van der Waals surface area contributed by atoms with E-state index in [1.54, 1.807) is 18.0 Å². The molecule has 2 fully saturated rings. The predicted molar refractivity (Wildman–Crippen MR) is 108 cm³/mol. The van der Waals surface area contributed by atoms with Gasteiger partial charge in [-0.05, 0) is 44.7 Å². The van der Waals surface area contributed by atoms with Crippen LogP contribution < -0.4 is 10.6 Å². The van der Waals surface area contributed by atoms with Crippen LogP contribution in [0.25, 0.3) is 0 Å². The van der Waals surface area contributed by atoms with Crippen LogP contribution in [0, 0.1) is 0 Å². The van der Waals surface area contributed by atoms with Crippen LogP contribution in [0.4, 0.5) is 10.6 Å². The van der Waals surface area contributed by atoms with E-state index in [1.807, 2.05) is 12.1 Å². The minimum Gasteiger partial charge on any atom is -0.450 e. The molecule has 0 spiro atoms. The monoisotopic (exact) mass is 388 g/mol. The molecule has 1 aromatic rings. The molecule has 0 atom stereocenters. The molecular formula is C21H32N4O3. The highest BCUT2D eigenvalue weighted by atomic mass is 16.6. The lowest BCUT2D eigenvalue weighted by Crippen LogP contribution is -2.46. The first-order valence-corrected chi connectivity index (χ1v) is 10.6. The van der Waals surface area contributed by atoms with Crippen LogP contribution in [0.15, 0.2) is 18.3 Å². The van der Waals surface area contributed by atoms with Gasteiger partial charge in [0.1, 0.15) is 5.82 Å². The summed E-state index contributed by atoms with van der Waals surface area (Å²) in [4.78, 5) is 30.4. The van der Waals surface area contributed by atoms with Gasteiger partial charge in [0.2, 0.25) is 0 Å². The minimum atomic E-state index is -0.270. The average Bonchev–Trinajstić information content (AvgIpc) is 2.98. The van der Waals surface area contributed by atoms with E-state index in [-0.39, 0.29) is 18.0 Å². The summed E-state index contributed by atoms with van der Waals surface area (Å²) in [5.41, 5.74) is 0.569. The lowest BCUT2D eigenvalue weighted by Gasteiger charge is -2.31. The molecule has 2 N–H and O–H groups in total. The topological polar surface area (TPSA) is 83.6 Å². The van der Waals surface area contributed by atoms with Gasteiger partial charge < -0.3 is 20.3 Å². The molecule has 1 saturated carbocycles. The molecule has 1 aliphatic heterocycles. The quantitative estimate of drug-likeness (QED) is 0.754. The summed E-state index contributed by atoms with van der Waals surface area (Å²) in [7, 11) is 0. The second-order valence-corrected chi connectivity index (χ2v) is 7.70. The summed E-state index contributed by atoms with van der Waals surface area (Å²) in [6.45, 7) is 3.39. The Labute approximate surface area is 167 Å². The Hall–Kier alpha value is -2.31. The number of hydrogen-bond acceptors (Lipinski definition) is 5. The van der Waals surface area contributed by atoms with Crippen molar-refractivity contribution in [2.75, 3.05) is 25.0 Å². The van der Waals surface area contributed by atoms with Crippen molar-refractivity contribution in [2.45, 2.75) is 70.4 Å². The number of carbonyl (C=O) groups is 2. The number of amides is 2. The fourth-order valence-electron chi connectivity index (χ4n) is 3.94. The Kier molecular flexibility index (Phi) is 7.51. The van der Waals surface area contributed by atoms with E-state index in [0.717, 1.165) is 18.7 Å². The first-order chi connectivity index (χ1) is 13.7. The third kappa shape index (κ3) is 5.84. The lowest BCUT2D eigenvalue weighted by atomic mass is 10.0. The molecule has 0 aromatic carbocycles. The Morgan fingerprint density at radius 3 is 2.39 bits per heavy atom. The van der Waals surface area contributed by atoms with Gasteiger partial charge in [-0.25, -0.2) is 9.78 Å². The first kappa shape index (κ1) is 20.4.